The lowest BCUT2D eigenvalue weighted by atomic mass is 10.2. The molecule has 0 aliphatic rings. The first kappa shape index (κ1) is 12.5. The third kappa shape index (κ3) is 2.32. The van der Waals surface area contributed by atoms with Gasteiger partial charge >= 0.3 is 0 Å². The molecule has 2 aromatic heterocycles. The number of nitrogens with two attached hydrogens (primary N) is 1. The van der Waals surface area contributed by atoms with E-state index in [9.17, 15) is 4.79 Å². The minimum atomic E-state index is -0.187. The molecule has 19 heavy (non-hydrogen) atoms. The van der Waals surface area contributed by atoms with Gasteiger partial charge in [0.1, 0.15) is 4.88 Å². The van der Waals surface area contributed by atoms with Crippen molar-refractivity contribution in [3.8, 4) is 0 Å². The van der Waals surface area contributed by atoms with Crippen molar-refractivity contribution in [2.75, 3.05) is 11.1 Å². The molecule has 3 nitrogen and oxygen atoms in total. The van der Waals surface area contributed by atoms with Gasteiger partial charge in [-0.25, -0.2) is 0 Å². The molecule has 0 fully saturated rings. The summed E-state index contributed by atoms with van der Waals surface area (Å²) in [5.41, 5.74) is 7.31. The zero-order valence-corrected chi connectivity index (χ0v) is 12.0. The van der Waals surface area contributed by atoms with Crippen molar-refractivity contribution in [1.29, 1.82) is 0 Å². The summed E-state index contributed by atoms with van der Waals surface area (Å²) in [6, 6.07) is 7.28. The van der Waals surface area contributed by atoms with Gasteiger partial charge < -0.3 is 11.1 Å². The molecular weight excluding hydrogens is 300 g/mol. The molecule has 0 aliphatic carbocycles. The van der Waals surface area contributed by atoms with Gasteiger partial charge in [0.05, 0.1) is 11.4 Å². The van der Waals surface area contributed by atoms with Crippen LogP contribution in [0, 0.1) is 0 Å². The number of fused-ring (bicyclic) bond motifs is 1. The fourth-order valence-electron chi connectivity index (χ4n) is 1.78. The highest BCUT2D eigenvalue weighted by Gasteiger charge is 2.16. The molecule has 0 unspecified atom stereocenters. The first-order valence-corrected chi connectivity index (χ1v) is 7.60. The van der Waals surface area contributed by atoms with Crippen molar-refractivity contribution in [1.82, 2.24) is 0 Å². The molecule has 3 aromatic rings. The lowest BCUT2D eigenvalue weighted by Gasteiger charge is -2.01. The van der Waals surface area contributed by atoms with Crippen molar-refractivity contribution in [2.24, 2.45) is 0 Å². The summed E-state index contributed by atoms with van der Waals surface area (Å²) >= 11 is 8.82. The summed E-state index contributed by atoms with van der Waals surface area (Å²) in [7, 11) is 0. The predicted octanol–water partition coefficient (Wildman–Crippen LogP) is 4.45. The number of nitrogen functional groups attached to an aromatic ring is 1. The first-order chi connectivity index (χ1) is 9.15. The molecule has 0 aliphatic heterocycles. The van der Waals surface area contributed by atoms with Crippen LogP contribution in [-0.2, 0) is 0 Å². The molecular formula is C13H9ClN2OS2. The number of benzene rings is 1. The van der Waals surface area contributed by atoms with Gasteiger partial charge in [0.2, 0.25) is 0 Å². The third-order valence-corrected chi connectivity index (χ3v) is 4.76. The van der Waals surface area contributed by atoms with Crippen molar-refractivity contribution < 1.29 is 4.79 Å². The van der Waals surface area contributed by atoms with Gasteiger partial charge in [0, 0.05) is 20.5 Å². The van der Waals surface area contributed by atoms with Gasteiger partial charge in [-0.2, -0.15) is 11.3 Å². The monoisotopic (exact) mass is 308 g/mol. The quantitative estimate of drug-likeness (QED) is 0.735. The molecule has 0 atom stereocenters. The van der Waals surface area contributed by atoms with Crippen LogP contribution in [0.5, 0.6) is 0 Å². The largest absolute Gasteiger partial charge is 0.397 e. The van der Waals surface area contributed by atoms with Crippen LogP contribution in [-0.4, -0.2) is 5.91 Å². The van der Waals surface area contributed by atoms with Crippen LogP contribution in [0.2, 0.25) is 5.02 Å². The maximum Gasteiger partial charge on any atom is 0.267 e. The molecule has 96 valence electrons. The standard InChI is InChI=1S/C13H9ClN2OS2/c14-7-1-2-9-10(5-7)19-12(11(9)15)13(17)16-8-3-4-18-6-8/h1-6H,15H2,(H,16,17). The maximum absolute atomic E-state index is 12.2. The highest BCUT2D eigenvalue weighted by atomic mass is 35.5. The average molecular weight is 309 g/mol. The summed E-state index contributed by atoms with van der Waals surface area (Å²) in [6.45, 7) is 0. The Balaban J connectivity index is 2.00. The molecule has 3 rings (SSSR count). The van der Waals surface area contributed by atoms with Crippen LogP contribution < -0.4 is 11.1 Å². The van der Waals surface area contributed by atoms with Crippen LogP contribution in [0.25, 0.3) is 10.1 Å². The molecule has 0 spiro atoms. The van der Waals surface area contributed by atoms with E-state index in [1.807, 2.05) is 29.0 Å². The fourth-order valence-corrected chi connectivity index (χ4v) is 3.66. The summed E-state index contributed by atoms with van der Waals surface area (Å²) in [6.07, 6.45) is 0. The van der Waals surface area contributed by atoms with Crippen molar-refractivity contribution >= 4 is 61.6 Å². The fraction of sp³-hybridized carbons (Fsp3) is 0. The number of hydrogen-bond acceptors (Lipinski definition) is 4. The molecule has 6 heteroatoms. The van der Waals surface area contributed by atoms with Crippen molar-refractivity contribution in [3.63, 3.8) is 0 Å². The van der Waals surface area contributed by atoms with Crippen molar-refractivity contribution in [2.45, 2.75) is 0 Å². The lowest BCUT2D eigenvalue weighted by Crippen LogP contribution is -2.11. The minimum absolute atomic E-state index is 0.187. The van der Waals surface area contributed by atoms with E-state index in [4.69, 9.17) is 17.3 Å². The number of hydrogen-bond donors (Lipinski definition) is 2. The Morgan fingerprint density at radius 1 is 1.32 bits per heavy atom. The molecule has 3 N–H and O–H groups in total. The van der Waals surface area contributed by atoms with E-state index >= 15 is 0 Å². The number of rotatable bonds is 2. The summed E-state index contributed by atoms with van der Waals surface area (Å²) in [4.78, 5) is 12.7. The molecule has 2 heterocycles. The SMILES string of the molecule is Nc1c(C(=O)Nc2ccsc2)sc2cc(Cl)ccc12. The van der Waals surface area contributed by atoms with Crippen LogP contribution in [0.4, 0.5) is 11.4 Å². The Bertz CT molecular complexity index is 749. The van der Waals surface area contributed by atoms with Crippen LogP contribution >= 0.6 is 34.3 Å². The number of thiophene rings is 2. The zero-order chi connectivity index (χ0) is 13.4. The Morgan fingerprint density at radius 2 is 2.16 bits per heavy atom. The molecule has 0 saturated carbocycles. The summed E-state index contributed by atoms with van der Waals surface area (Å²) in [5.74, 6) is -0.187. The highest BCUT2D eigenvalue weighted by Crippen LogP contribution is 2.35. The number of carbonyl (C=O) groups excluding carboxylic acids is 1. The second-order valence-corrected chi connectivity index (χ2v) is 6.22. The Morgan fingerprint density at radius 3 is 2.89 bits per heavy atom. The first-order valence-electron chi connectivity index (χ1n) is 5.46. The molecule has 1 amide bonds. The summed E-state index contributed by atoms with van der Waals surface area (Å²) in [5, 5.41) is 8.11. The highest BCUT2D eigenvalue weighted by molar-refractivity contribution is 7.21. The van der Waals surface area contributed by atoms with Crippen LogP contribution in [0.1, 0.15) is 9.67 Å². The third-order valence-electron chi connectivity index (χ3n) is 2.68. The van der Waals surface area contributed by atoms with Crippen molar-refractivity contribution in [3.05, 3.63) is 44.9 Å². The Kier molecular flexibility index (Phi) is 3.18. The second kappa shape index (κ2) is 4.85. The Hall–Kier alpha value is -1.56. The van der Waals surface area contributed by atoms with E-state index in [2.05, 4.69) is 5.32 Å². The van der Waals surface area contributed by atoms with E-state index in [-0.39, 0.29) is 5.91 Å². The van der Waals surface area contributed by atoms with Gasteiger partial charge in [-0.3, -0.25) is 4.79 Å². The Labute approximate surface area is 122 Å². The number of halogens is 1. The predicted molar refractivity (Wildman–Crippen MR) is 83.5 cm³/mol. The van der Waals surface area contributed by atoms with Gasteiger partial charge in [-0.1, -0.05) is 11.6 Å². The van der Waals surface area contributed by atoms with Crippen LogP contribution in [0.15, 0.2) is 35.0 Å². The van der Waals surface area contributed by atoms with E-state index in [0.717, 1.165) is 15.8 Å². The van der Waals surface area contributed by atoms with Gasteiger partial charge in [0.15, 0.2) is 0 Å². The topological polar surface area (TPSA) is 55.1 Å². The lowest BCUT2D eigenvalue weighted by molar-refractivity contribution is 0.103. The van der Waals surface area contributed by atoms with Gasteiger partial charge in [-0.15, -0.1) is 11.3 Å². The van der Waals surface area contributed by atoms with Gasteiger partial charge in [-0.05, 0) is 29.6 Å². The number of carbonyl (C=O) groups is 1. The normalized spacial score (nSPS) is 10.8. The van der Waals surface area contributed by atoms with E-state index in [0.29, 0.717) is 15.6 Å². The molecule has 1 aromatic carbocycles. The molecule has 0 radical (unpaired) electrons. The average Bonchev–Trinajstić information content (AvgIpc) is 2.97. The smallest absolute Gasteiger partial charge is 0.267 e. The molecule has 0 saturated heterocycles. The second-order valence-electron chi connectivity index (χ2n) is 3.95. The number of nitrogens with one attached hydrogen (secondary N) is 1. The van der Waals surface area contributed by atoms with Crippen LogP contribution in [0.3, 0.4) is 0 Å². The molecule has 0 bridgehead atoms. The number of anilines is 2. The van der Waals surface area contributed by atoms with E-state index < -0.39 is 0 Å². The van der Waals surface area contributed by atoms with E-state index in [1.165, 1.54) is 22.7 Å². The zero-order valence-electron chi connectivity index (χ0n) is 9.64. The summed E-state index contributed by atoms with van der Waals surface area (Å²) < 4.78 is 0.917. The van der Waals surface area contributed by atoms with E-state index in [1.54, 1.807) is 6.07 Å². The van der Waals surface area contributed by atoms with Gasteiger partial charge in [0.25, 0.3) is 5.91 Å². The number of amides is 1. The minimum Gasteiger partial charge on any atom is -0.397 e. The maximum atomic E-state index is 12.2.